The van der Waals surface area contributed by atoms with E-state index in [4.69, 9.17) is 11.6 Å². The van der Waals surface area contributed by atoms with Gasteiger partial charge in [0.1, 0.15) is 0 Å². The van der Waals surface area contributed by atoms with Crippen LogP contribution in [0, 0.1) is 6.92 Å². The highest BCUT2D eigenvalue weighted by molar-refractivity contribution is 8.00. The Morgan fingerprint density at radius 1 is 1.45 bits per heavy atom. The molecule has 0 aliphatic rings. The fourth-order valence-electron chi connectivity index (χ4n) is 2.21. The predicted molar refractivity (Wildman–Crippen MR) is 81.2 cm³/mol. The van der Waals surface area contributed by atoms with Crippen molar-refractivity contribution >= 4 is 40.2 Å². The van der Waals surface area contributed by atoms with Gasteiger partial charge in [-0.25, -0.2) is 0 Å². The van der Waals surface area contributed by atoms with Gasteiger partial charge in [-0.2, -0.15) is 0 Å². The number of fused-ring (bicyclic) bond motifs is 1. The zero-order chi connectivity index (χ0) is 14.7. The molecule has 1 aromatic carbocycles. The third-order valence-corrected chi connectivity index (χ3v) is 4.50. The quantitative estimate of drug-likeness (QED) is 0.797. The third kappa shape index (κ3) is 3.07. The van der Waals surface area contributed by atoms with Crippen molar-refractivity contribution in [1.82, 2.24) is 4.98 Å². The Hall–Kier alpha value is -1.26. The SMILES string of the molecule is CCCc1c(C)nc2c(Cl)cccc2c1SCC(=O)[O-]. The lowest BCUT2D eigenvalue weighted by atomic mass is 10.1. The molecule has 0 saturated heterocycles. The van der Waals surface area contributed by atoms with Crippen molar-refractivity contribution in [2.75, 3.05) is 5.75 Å². The van der Waals surface area contributed by atoms with Crippen LogP contribution in [0.3, 0.4) is 0 Å². The fraction of sp³-hybridized carbons (Fsp3) is 0.333. The summed E-state index contributed by atoms with van der Waals surface area (Å²) in [5.74, 6) is -1.14. The molecule has 0 aliphatic heterocycles. The zero-order valence-corrected chi connectivity index (χ0v) is 13.0. The molecule has 0 atom stereocenters. The molecule has 0 aliphatic carbocycles. The standard InChI is InChI=1S/C15H16ClNO2S/c1-3-5-10-9(2)17-14-11(6-4-7-12(14)16)15(10)20-8-13(18)19/h4,6-7H,3,5,8H2,1-2H3,(H,18,19)/p-1. The Kier molecular flexibility index (Phi) is 4.89. The molecule has 0 radical (unpaired) electrons. The molecule has 0 saturated carbocycles. The summed E-state index contributed by atoms with van der Waals surface area (Å²) >= 11 is 7.48. The first-order valence-corrected chi connectivity index (χ1v) is 7.81. The Morgan fingerprint density at radius 3 is 2.85 bits per heavy atom. The van der Waals surface area contributed by atoms with Crippen LogP contribution in [0.1, 0.15) is 24.6 Å². The van der Waals surface area contributed by atoms with Crippen LogP contribution in [0.5, 0.6) is 0 Å². The van der Waals surface area contributed by atoms with Crippen LogP contribution in [-0.4, -0.2) is 16.7 Å². The molecule has 0 N–H and O–H groups in total. The largest absolute Gasteiger partial charge is 0.549 e. The second-order valence-electron chi connectivity index (χ2n) is 4.55. The minimum Gasteiger partial charge on any atom is -0.549 e. The predicted octanol–water partition coefficient (Wildman–Crippen LogP) is 2.99. The van der Waals surface area contributed by atoms with Crippen LogP contribution in [-0.2, 0) is 11.2 Å². The molecular formula is C15H15ClNO2S-. The lowest BCUT2D eigenvalue weighted by Gasteiger charge is -2.15. The number of thioether (sulfide) groups is 1. The molecule has 106 valence electrons. The average Bonchev–Trinajstić information content (AvgIpc) is 2.40. The number of carboxylic acids is 1. The number of hydrogen-bond acceptors (Lipinski definition) is 4. The van der Waals surface area contributed by atoms with Crippen molar-refractivity contribution in [3.05, 3.63) is 34.5 Å². The summed E-state index contributed by atoms with van der Waals surface area (Å²) in [4.78, 5) is 16.3. The second-order valence-corrected chi connectivity index (χ2v) is 5.94. The number of rotatable bonds is 5. The maximum Gasteiger partial charge on any atom is 0.0902 e. The highest BCUT2D eigenvalue weighted by Gasteiger charge is 2.14. The van der Waals surface area contributed by atoms with Crippen molar-refractivity contribution < 1.29 is 9.90 Å². The van der Waals surface area contributed by atoms with Crippen LogP contribution in [0.25, 0.3) is 10.9 Å². The molecule has 20 heavy (non-hydrogen) atoms. The van der Waals surface area contributed by atoms with E-state index in [1.54, 1.807) is 6.07 Å². The van der Waals surface area contributed by atoms with Gasteiger partial charge in [-0.15, -0.1) is 11.8 Å². The van der Waals surface area contributed by atoms with E-state index in [1.807, 2.05) is 19.1 Å². The monoisotopic (exact) mass is 308 g/mol. The van der Waals surface area contributed by atoms with E-state index in [2.05, 4.69) is 11.9 Å². The van der Waals surface area contributed by atoms with E-state index < -0.39 is 5.97 Å². The summed E-state index contributed by atoms with van der Waals surface area (Å²) in [6.45, 7) is 4.03. The summed E-state index contributed by atoms with van der Waals surface area (Å²) in [6, 6.07) is 5.59. The minimum absolute atomic E-state index is 0.0677. The lowest BCUT2D eigenvalue weighted by molar-refractivity contribution is -0.301. The number of para-hydroxylation sites is 1. The van der Waals surface area contributed by atoms with Gasteiger partial charge in [-0.05, 0) is 25.0 Å². The van der Waals surface area contributed by atoms with E-state index in [1.165, 1.54) is 11.8 Å². The van der Waals surface area contributed by atoms with E-state index in [-0.39, 0.29) is 5.75 Å². The summed E-state index contributed by atoms with van der Waals surface area (Å²) in [5, 5.41) is 12.3. The van der Waals surface area contributed by atoms with Crippen molar-refractivity contribution in [3.63, 3.8) is 0 Å². The van der Waals surface area contributed by atoms with Crippen molar-refractivity contribution in [2.24, 2.45) is 0 Å². The van der Waals surface area contributed by atoms with Crippen LogP contribution in [0.15, 0.2) is 23.1 Å². The molecule has 0 bridgehead atoms. The first kappa shape index (κ1) is 15.1. The minimum atomic E-state index is -1.07. The highest BCUT2D eigenvalue weighted by atomic mass is 35.5. The van der Waals surface area contributed by atoms with Gasteiger partial charge >= 0.3 is 0 Å². The molecule has 3 nitrogen and oxygen atoms in total. The maximum atomic E-state index is 10.8. The van der Waals surface area contributed by atoms with Crippen molar-refractivity contribution in [3.8, 4) is 0 Å². The van der Waals surface area contributed by atoms with Crippen LogP contribution < -0.4 is 5.11 Å². The van der Waals surface area contributed by atoms with Gasteiger partial charge in [0.05, 0.1) is 16.5 Å². The number of carbonyl (C=O) groups excluding carboxylic acids is 1. The summed E-state index contributed by atoms with van der Waals surface area (Å²) in [6.07, 6.45) is 1.85. The third-order valence-electron chi connectivity index (χ3n) is 3.06. The summed E-state index contributed by atoms with van der Waals surface area (Å²) in [7, 11) is 0. The second kappa shape index (κ2) is 6.46. The number of pyridine rings is 1. The van der Waals surface area contributed by atoms with Crippen molar-refractivity contribution in [2.45, 2.75) is 31.6 Å². The Morgan fingerprint density at radius 2 is 2.20 bits per heavy atom. The molecule has 0 spiro atoms. The van der Waals surface area contributed by atoms with Gasteiger partial charge in [0.2, 0.25) is 0 Å². The van der Waals surface area contributed by atoms with E-state index in [0.717, 1.165) is 39.9 Å². The summed E-state index contributed by atoms with van der Waals surface area (Å²) in [5.41, 5.74) is 2.74. The summed E-state index contributed by atoms with van der Waals surface area (Å²) < 4.78 is 0. The molecular weight excluding hydrogens is 294 g/mol. The van der Waals surface area contributed by atoms with E-state index >= 15 is 0 Å². The molecule has 5 heteroatoms. The molecule has 0 fully saturated rings. The van der Waals surface area contributed by atoms with E-state index in [9.17, 15) is 9.90 Å². The van der Waals surface area contributed by atoms with Gasteiger partial charge in [0.15, 0.2) is 0 Å². The number of hydrogen-bond donors (Lipinski definition) is 0. The first-order valence-electron chi connectivity index (χ1n) is 6.45. The Bertz CT molecular complexity index is 658. The average molecular weight is 309 g/mol. The van der Waals surface area contributed by atoms with Crippen LogP contribution >= 0.6 is 23.4 Å². The molecule has 1 heterocycles. The first-order chi connectivity index (χ1) is 9.54. The van der Waals surface area contributed by atoms with Gasteiger partial charge in [-0.3, -0.25) is 4.98 Å². The zero-order valence-electron chi connectivity index (χ0n) is 11.4. The van der Waals surface area contributed by atoms with Gasteiger partial charge in [0.25, 0.3) is 0 Å². The number of halogens is 1. The Balaban J connectivity index is 2.65. The number of carbonyl (C=O) groups is 1. The molecule has 1 aromatic heterocycles. The number of benzene rings is 1. The molecule has 2 rings (SSSR count). The number of nitrogens with zero attached hydrogens (tertiary/aromatic N) is 1. The highest BCUT2D eigenvalue weighted by Crippen LogP contribution is 2.35. The number of aromatic nitrogens is 1. The van der Waals surface area contributed by atoms with Crippen LogP contribution in [0.2, 0.25) is 5.02 Å². The van der Waals surface area contributed by atoms with Gasteiger partial charge < -0.3 is 9.90 Å². The normalized spacial score (nSPS) is 10.9. The Labute approximate surface area is 127 Å². The number of aryl methyl sites for hydroxylation is 1. The van der Waals surface area contributed by atoms with Crippen LogP contribution in [0.4, 0.5) is 0 Å². The maximum absolute atomic E-state index is 10.8. The fourth-order valence-corrected chi connectivity index (χ4v) is 3.44. The lowest BCUT2D eigenvalue weighted by Crippen LogP contribution is -2.24. The van der Waals surface area contributed by atoms with Crippen molar-refractivity contribution in [1.29, 1.82) is 0 Å². The molecule has 0 unspecified atom stereocenters. The topological polar surface area (TPSA) is 53.0 Å². The van der Waals surface area contributed by atoms with E-state index in [0.29, 0.717) is 5.02 Å². The number of aliphatic carboxylic acids is 1. The smallest absolute Gasteiger partial charge is 0.0902 e. The molecule has 0 amide bonds. The number of carboxylic acid groups (broad SMARTS) is 1. The van der Waals surface area contributed by atoms with Gasteiger partial charge in [0, 0.05) is 21.7 Å². The molecule has 2 aromatic rings. The van der Waals surface area contributed by atoms with Gasteiger partial charge in [-0.1, -0.05) is 37.1 Å².